The highest BCUT2D eigenvalue weighted by Crippen LogP contribution is 2.28. The molecule has 2 rings (SSSR count). The van der Waals surface area contributed by atoms with E-state index in [4.69, 9.17) is 9.84 Å². The molecular weight excluding hydrogens is 230 g/mol. The van der Waals surface area contributed by atoms with Crippen molar-refractivity contribution in [3.8, 4) is 5.75 Å². The summed E-state index contributed by atoms with van der Waals surface area (Å²) in [6.07, 6.45) is 2.20. The zero-order valence-corrected chi connectivity index (χ0v) is 10.6. The normalized spacial score (nSPS) is 16.6. The van der Waals surface area contributed by atoms with Gasteiger partial charge in [0.25, 0.3) is 0 Å². The molecule has 18 heavy (non-hydrogen) atoms. The Morgan fingerprint density at radius 3 is 2.67 bits per heavy atom. The van der Waals surface area contributed by atoms with Gasteiger partial charge in [0, 0.05) is 12.6 Å². The number of para-hydroxylation sites is 1. The van der Waals surface area contributed by atoms with Gasteiger partial charge in [-0.25, -0.2) is 0 Å². The Bertz CT molecular complexity index is 389. The fourth-order valence-electron chi connectivity index (χ4n) is 2.03. The van der Waals surface area contributed by atoms with Crippen LogP contribution in [0.5, 0.6) is 5.75 Å². The fourth-order valence-corrected chi connectivity index (χ4v) is 2.03. The summed E-state index contributed by atoms with van der Waals surface area (Å²) in [5.74, 6) is 0.0674. The van der Waals surface area contributed by atoms with Crippen LogP contribution in [-0.4, -0.2) is 41.2 Å². The lowest BCUT2D eigenvalue weighted by atomic mass is 10.2. The van der Waals surface area contributed by atoms with Crippen molar-refractivity contribution in [3.63, 3.8) is 0 Å². The molecule has 0 saturated heterocycles. The molecule has 1 N–H and O–H groups in total. The van der Waals surface area contributed by atoms with Crippen molar-refractivity contribution >= 4 is 5.97 Å². The van der Waals surface area contributed by atoms with Gasteiger partial charge < -0.3 is 9.84 Å². The van der Waals surface area contributed by atoms with Crippen molar-refractivity contribution in [1.29, 1.82) is 0 Å². The molecule has 1 aromatic carbocycles. The first-order valence-corrected chi connectivity index (χ1v) is 6.35. The summed E-state index contributed by atoms with van der Waals surface area (Å²) in [6, 6.07) is 9.59. The maximum Gasteiger partial charge on any atom is 0.320 e. The van der Waals surface area contributed by atoms with Crippen LogP contribution in [-0.2, 0) is 4.79 Å². The first-order chi connectivity index (χ1) is 8.68. The minimum absolute atomic E-state index is 0.426. The lowest BCUT2D eigenvalue weighted by Gasteiger charge is -2.25. The third-order valence-electron chi connectivity index (χ3n) is 3.23. The van der Waals surface area contributed by atoms with Crippen molar-refractivity contribution < 1.29 is 14.6 Å². The number of hydrogen-bond donors (Lipinski definition) is 1. The van der Waals surface area contributed by atoms with Gasteiger partial charge in [-0.1, -0.05) is 18.2 Å². The van der Waals surface area contributed by atoms with Crippen molar-refractivity contribution in [2.45, 2.75) is 31.8 Å². The molecule has 1 fully saturated rings. The van der Waals surface area contributed by atoms with Crippen LogP contribution in [0.1, 0.15) is 19.8 Å². The number of ether oxygens (including phenoxy) is 1. The summed E-state index contributed by atoms with van der Waals surface area (Å²) in [6.45, 7) is 2.92. The third-order valence-corrected chi connectivity index (χ3v) is 3.23. The van der Waals surface area contributed by atoms with Gasteiger partial charge in [0.2, 0.25) is 0 Å². The quantitative estimate of drug-likeness (QED) is 0.803. The van der Waals surface area contributed by atoms with Crippen LogP contribution in [0.3, 0.4) is 0 Å². The van der Waals surface area contributed by atoms with E-state index in [0.29, 0.717) is 19.2 Å². The SMILES string of the molecule is CC(C(=O)O)N(CCOc1ccccc1)C1CC1. The van der Waals surface area contributed by atoms with E-state index in [-0.39, 0.29) is 0 Å². The number of carboxylic acids is 1. The summed E-state index contributed by atoms with van der Waals surface area (Å²) < 4.78 is 5.61. The molecule has 0 aliphatic heterocycles. The molecule has 0 radical (unpaired) electrons. The third kappa shape index (κ3) is 3.47. The van der Waals surface area contributed by atoms with Gasteiger partial charge in [0.15, 0.2) is 0 Å². The van der Waals surface area contributed by atoms with E-state index >= 15 is 0 Å². The molecule has 4 heteroatoms. The predicted octanol–water partition coefficient (Wildman–Crippen LogP) is 2.00. The molecule has 0 aromatic heterocycles. The van der Waals surface area contributed by atoms with Crippen molar-refractivity contribution in [2.75, 3.05) is 13.2 Å². The standard InChI is InChI=1S/C14H19NO3/c1-11(14(16)17)15(12-7-8-12)9-10-18-13-5-3-2-4-6-13/h2-6,11-12H,7-10H2,1H3,(H,16,17). The van der Waals surface area contributed by atoms with E-state index in [9.17, 15) is 4.79 Å². The maximum atomic E-state index is 11.0. The lowest BCUT2D eigenvalue weighted by molar-refractivity contribution is -0.143. The fraction of sp³-hybridized carbons (Fsp3) is 0.500. The summed E-state index contributed by atoms with van der Waals surface area (Å²) in [4.78, 5) is 13.0. The van der Waals surface area contributed by atoms with E-state index in [1.165, 1.54) is 0 Å². The highest BCUT2D eigenvalue weighted by atomic mass is 16.5. The highest BCUT2D eigenvalue weighted by molar-refractivity contribution is 5.73. The molecule has 1 atom stereocenters. The molecule has 1 aromatic rings. The summed E-state index contributed by atoms with van der Waals surface area (Å²) in [7, 11) is 0. The Labute approximate surface area is 107 Å². The second-order valence-corrected chi connectivity index (χ2v) is 4.64. The van der Waals surface area contributed by atoms with Gasteiger partial charge in [-0.05, 0) is 31.9 Å². The Balaban J connectivity index is 1.81. The number of rotatable bonds is 7. The molecule has 0 spiro atoms. The molecule has 1 saturated carbocycles. The second-order valence-electron chi connectivity index (χ2n) is 4.64. The Morgan fingerprint density at radius 2 is 2.11 bits per heavy atom. The average Bonchev–Trinajstić information content (AvgIpc) is 3.19. The zero-order chi connectivity index (χ0) is 13.0. The summed E-state index contributed by atoms with van der Waals surface area (Å²) in [5.41, 5.74) is 0. The van der Waals surface area contributed by atoms with E-state index in [2.05, 4.69) is 0 Å². The van der Waals surface area contributed by atoms with Gasteiger partial charge in [-0.2, -0.15) is 0 Å². The Morgan fingerprint density at radius 1 is 1.44 bits per heavy atom. The number of benzene rings is 1. The molecule has 1 aliphatic carbocycles. The molecular formula is C14H19NO3. The monoisotopic (exact) mass is 249 g/mol. The second kappa shape index (κ2) is 5.87. The molecule has 4 nitrogen and oxygen atoms in total. The van der Waals surface area contributed by atoms with Crippen molar-refractivity contribution in [3.05, 3.63) is 30.3 Å². The number of aliphatic carboxylic acids is 1. The van der Waals surface area contributed by atoms with Gasteiger partial charge in [0.05, 0.1) is 0 Å². The minimum atomic E-state index is -0.762. The summed E-state index contributed by atoms with van der Waals surface area (Å²) >= 11 is 0. The molecule has 0 amide bonds. The van der Waals surface area contributed by atoms with Crippen molar-refractivity contribution in [1.82, 2.24) is 4.90 Å². The number of carbonyl (C=O) groups is 1. The smallest absolute Gasteiger partial charge is 0.320 e. The Kier molecular flexibility index (Phi) is 4.20. The number of nitrogens with zero attached hydrogens (tertiary/aromatic N) is 1. The van der Waals surface area contributed by atoms with E-state index in [0.717, 1.165) is 18.6 Å². The molecule has 98 valence electrons. The first-order valence-electron chi connectivity index (χ1n) is 6.35. The first kappa shape index (κ1) is 12.9. The van der Waals surface area contributed by atoms with Crippen LogP contribution < -0.4 is 4.74 Å². The summed E-state index contributed by atoms with van der Waals surface area (Å²) in [5, 5.41) is 9.06. The lowest BCUT2D eigenvalue weighted by Crippen LogP contribution is -2.42. The van der Waals surface area contributed by atoms with Gasteiger partial charge in [-0.3, -0.25) is 9.69 Å². The largest absolute Gasteiger partial charge is 0.492 e. The molecule has 1 aliphatic rings. The van der Waals surface area contributed by atoms with Crippen LogP contribution in [0.4, 0.5) is 0 Å². The van der Waals surface area contributed by atoms with Crippen LogP contribution in [0.15, 0.2) is 30.3 Å². The van der Waals surface area contributed by atoms with Crippen LogP contribution in [0.2, 0.25) is 0 Å². The van der Waals surface area contributed by atoms with E-state index < -0.39 is 12.0 Å². The number of carboxylic acid groups (broad SMARTS) is 1. The number of hydrogen-bond acceptors (Lipinski definition) is 3. The minimum Gasteiger partial charge on any atom is -0.492 e. The van der Waals surface area contributed by atoms with Crippen molar-refractivity contribution in [2.24, 2.45) is 0 Å². The van der Waals surface area contributed by atoms with Gasteiger partial charge in [0.1, 0.15) is 18.4 Å². The topological polar surface area (TPSA) is 49.8 Å². The van der Waals surface area contributed by atoms with E-state index in [1.807, 2.05) is 35.2 Å². The molecule has 0 heterocycles. The predicted molar refractivity (Wildman–Crippen MR) is 68.8 cm³/mol. The maximum absolute atomic E-state index is 11.0. The molecule has 1 unspecified atom stereocenters. The van der Waals surface area contributed by atoms with Gasteiger partial charge in [-0.15, -0.1) is 0 Å². The zero-order valence-electron chi connectivity index (χ0n) is 10.6. The van der Waals surface area contributed by atoms with E-state index in [1.54, 1.807) is 6.92 Å². The molecule has 0 bridgehead atoms. The van der Waals surface area contributed by atoms with Crippen LogP contribution in [0, 0.1) is 0 Å². The average molecular weight is 249 g/mol. The Hall–Kier alpha value is -1.55. The van der Waals surface area contributed by atoms with Crippen LogP contribution in [0.25, 0.3) is 0 Å². The van der Waals surface area contributed by atoms with Crippen LogP contribution >= 0.6 is 0 Å². The highest BCUT2D eigenvalue weighted by Gasteiger charge is 2.34. The van der Waals surface area contributed by atoms with Gasteiger partial charge >= 0.3 is 5.97 Å².